The summed E-state index contributed by atoms with van der Waals surface area (Å²) in [7, 11) is -3.48. The topological polar surface area (TPSA) is 66.5 Å². The van der Waals surface area contributed by atoms with Gasteiger partial charge in [-0.15, -0.1) is 0 Å². The van der Waals surface area contributed by atoms with E-state index in [1.807, 2.05) is 60.7 Å². The highest BCUT2D eigenvalue weighted by Crippen LogP contribution is 2.28. The molecular formula is C26H28N2O3S. The van der Waals surface area contributed by atoms with Gasteiger partial charge in [0.2, 0.25) is 15.9 Å². The molecule has 0 radical (unpaired) electrons. The number of nitrogens with zero attached hydrogens (tertiary/aromatic N) is 1. The number of hydrogen-bond acceptors (Lipinski definition) is 3. The molecule has 0 unspecified atom stereocenters. The van der Waals surface area contributed by atoms with Gasteiger partial charge in [-0.05, 0) is 48.2 Å². The molecule has 1 saturated heterocycles. The second-order valence-electron chi connectivity index (χ2n) is 8.12. The number of carbonyl (C=O) groups is 1. The molecule has 0 atom stereocenters. The Balaban J connectivity index is 1.46. The van der Waals surface area contributed by atoms with Gasteiger partial charge in [0.05, 0.1) is 4.90 Å². The number of rotatable bonds is 7. The van der Waals surface area contributed by atoms with E-state index in [0.29, 0.717) is 25.2 Å². The molecule has 4 rings (SSSR count). The molecule has 1 amide bonds. The summed E-state index contributed by atoms with van der Waals surface area (Å²) >= 11 is 0. The standard InChI is InChI=1S/C26H28N2O3S/c29-26(20-25(21-10-4-1-5-11-21)22-12-6-2-7-13-22)27-23-14-16-24(17-15-23)32(30,31)28-18-8-3-9-19-28/h1-2,4-7,10-17,25H,3,8-9,18-20H2,(H,27,29). The summed E-state index contributed by atoms with van der Waals surface area (Å²) in [4.78, 5) is 13.1. The van der Waals surface area contributed by atoms with Crippen LogP contribution in [0.5, 0.6) is 0 Å². The normalized spacial score (nSPS) is 14.9. The minimum atomic E-state index is -3.48. The molecule has 0 aliphatic carbocycles. The van der Waals surface area contributed by atoms with Crippen LogP contribution in [0.25, 0.3) is 0 Å². The summed E-state index contributed by atoms with van der Waals surface area (Å²) in [6.45, 7) is 1.14. The Morgan fingerprint density at radius 3 is 1.84 bits per heavy atom. The van der Waals surface area contributed by atoms with Crippen LogP contribution < -0.4 is 5.32 Å². The van der Waals surface area contributed by atoms with E-state index in [2.05, 4.69) is 5.32 Å². The van der Waals surface area contributed by atoms with Crippen LogP contribution in [0.15, 0.2) is 89.8 Å². The highest BCUT2D eigenvalue weighted by atomic mass is 32.2. The van der Waals surface area contributed by atoms with Gasteiger partial charge in [0.25, 0.3) is 0 Å². The quantitative estimate of drug-likeness (QED) is 0.552. The molecule has 166 valence electrons. The average Bonchev–Trinajstić information content (AvgIpc) is 2.84. The van der Waals surface area contributed by atoms with Crippen molar-refractivity contribution in [1.29, 1.82) is 0 Å². The maximum absolute atomic E-state index is 12.9. The lowest BCUT2D eigenvalue weighted by molar-refractivity contribution is -0.116. The van der Waals surface area contributed by atoms with Gasteiger partial charge in [0.15, 0.2) is 0 Å². The first-order valence-electron chi connectivity index (χ1n) is 11.0. The zero-order valence-electron chi connectivity index (χ0n) is 18.0. The van der Waals surface area contributed by atoms with E-state index in [9.17, 15) is 13.2 Å². The number of hydrogen-bond donors (Lipinski definition) is 1. The number of carbonyl (C=O) groups excluding carboxylic acids is 1. The lowest BCUT2D eigenvalue weighted by Gasteiger charge is -2.25. The van der Waals surface area contributed by atoms with Gasteiger partial charge in [-0.3, -0.25) is 4.79 Å². The van der Waals surface area contributed by atoms with E-state index in [1.165, 1.54) is 0 Å². The Kier molecular flexibility index (Phi) is 7.02. The van der Waals surface area contributed by atoms with Crippen molar-refractivity contribution in [2.45, 2.75) is 36.5 Å². The molecule has 1 fully saturated rings. The second kappa shape index (κ2) is 10.1. The van der Waals surface area contributed by atoms with Crippen molar-refractivity contribution in [2.75, 3.05) is 18.4 Å². The molecule has 1 N–H and O–H groups in total. The van der Waals surface area contributed by atoms with E-state index in [0.717, 1.165) is 30.4 Å². The summed E-state index contributed by atoms with van der Waals surface area (Å²) in [6.07, 6.45) is 3.17. The molecule has 5 nitrogen and oxygen atoms in total. The van der Waals surface area contributed by atoms with Crippen LogP contribution in [0.1, 0.15) is 42.7 Å². The smallest absolute Gasteiger partial charge is 0.243 e. The summed E-state index contributed by atoms with van der Waals surface area (Å²) in [5.74, 6) is -0.175. The fraction of sp³-hybridized carbons (Fsp3) is 0.269. The maximum Gasteiger partial charge on any atom is 0.243 e. The van der Waals surface area contributed by atoms with E-state index in [-0.39, 0.29) is 16.7 Å². The third-order valence-electron chi connectivity index (χ3n) is 5.88. The number of anilines is 1. The molecule has 0 spiro atoms. The molecule has 1 aliphatic heterocycles. The van der Waals surface area contributed by atoms with Crippen molar-refractivity contribution in [3.8, 4) is 0 Å². The second-order valence-corrected chi connectivity index (χ2v) is 10.1. The minimum absolute atomic E-state index is 0.0591. The number of amides is 1. The molecule has 1 heterocycles. The van der Waals surface area contributed by atoms with E-state index < -0.39 is 10.0 Å². The number of sulfonamides is 1. The average molecular weight is 449 g/mol. The van der Waals surface area contributed by atoms with Gasteiger partial charge in [0.1, 0.15) is 0 Å². The van der Waals surface area contributed by atoms with Crippen LogP contribution in [0.3, 0.4) is 0 Å². The highest BCUT2D eigenvalue weighted by molar-refractivity contribution is 7.89. The lowest BCUT2D eigenvalue weighted by atomic mass is 9.88. The van der Waals surface area contributed by atoms with Gasteiger partial charge in [0, 0.05) is 31.1 Å². The zero-order valence-corrected chi connectivity index (χ0v) is 18.8. The first-order valence-corrected chi connectivity index (χ1v) is 12.5. The molecule has 6 heteroatoms. The van der Waals surface area contributed by atoms with Crippen molar-refractivity contribution < 1.29 is 13.2 Å². The van der Waals surface area contributed by atoms with Crippen LogP contribution in [-0.2, 0) is 14.8 Å². The van der Waals surface area contributed by atoms with Crippen LogP contribution in [-0.4, -0.2) is 31.7 Å². The Labute approximate surface area is 190 Å². The molecule has 3 aromatic carbocycles. The van der Waals surface area contributed by atoms with Gasteiger partial charge in [-0.1, -0.05) is 67.1 Å². The first-order chi connectivity index (χ1) is 15.5. The van der Waals surface area contributed by atoms with Gasteiger partial charge >= 0.3 is 0 Å². The molecule has 3 aromatic rings. The number of benzene rings is 3. The Hall–Kier alpha value is -2.96. The van der Waals surface area contributed by atoms with Crippen LogP contribution in [0.4, 0.5) is 5.69 Å². The maximum atomic E-state index is 12.9. The lowest BCUT2D eigenvalue weighted by Crippen LogP contribution is -2.35. The summed E-state index contributed by atoms with van der Waals surface area (Å²) in [5.41, 5.74) is 2.75. The summed E-state index contributed by atoms with van der Waals surface area (Å²) in [6, 6.07) is 26.4. The van der Waals surface area contributed by atoms with Gasteiger partial charge in [-0.2, -0.15) is 4.31 Å². The van der Waals surface area contributed by atoms with Crippen molar-refractivity contribution in [3.05, 3.63) is 96.1 Å². The zero-order chi connectivity index (χ0) is 22.4. The third-order valence-corrected chi connectivity index (χ3v) is 7.80. The predicted octanol–water partition coefficient (Wildman–Crippen LogP) is 5.02. The molecule has 0 aromatic heterocycles. The van der Waals surface area contributed by atoms with Crippen LogP contribution >= 0.6 is 0 Å². The third kappa shape index (κ3) is 5.26. The monoisotopic (exact) mass is 448 g/mol. The largest absolute Gasteiger partial charge is 0.326 e. The Morgan fingerprint density at radius 1 is 0.781 bits per heavy atom. The molecule has 1 aliphatic rings. The highest BCUT2D eigenvalue weighted by Gasteiger charge is 2.26. The Bertz CT molecular complexity index is 1090. The number of piperidine rings is 1. The van der Waals surface area contributed by atoms with E-state index in [4.69, 9.17) is 0 Å². The number of nitrogens with one attached hydrogen (secondary N) is 1. The van der Waals surface area contributed by atoms with Crippen molar-refractivity contribution in [1.82, 2.24) is 4.31 Å². The predicted molar refractivity (Wildman–Crippen MR) is 127 cm³/mol. The summed E-state index contributed by atoms with van der Waals surface area (Å²) in [5, 5.41) is 2.92. The molecular weight excluding hydrogens is 420 g/mol. The van der Waals surface area contributed by atoms with E-state index in [1.54, 1.807) is 28.6 Å². The molecule has 0 saturated carbocycles. The first kappa shape index (κ1) is 22.2. The van der Waals surface area contributed by atoms with Crippen molar-refractivity contribution >= 4 is 21.6 Å². The fourth-order valence-corrected chi connectivity index (χ4v) is 5.68. The van der Waals surface area contributed by atoms with Gasteiger partial charge in [-0.25, -0.2) is 8.42 Å². The van der Waals surface area contributed by atoms with Crippen LogP contribution in [0, 0.1) is 0 Å². The Morgan fingerprint density at radius 2 is 1.31 bits per heavy atom. The SMILES string of the molecule is O=C(CC(c1ccccc1)c1ccccc1)Nc1ccc(S(=O)(=O)N2CCCCC2)cc1. The van der Waals surface area contributed by atoms with Gasteiger partial charge < -0.3 is 5.32 Å². The van der Waals surface area contributed by atoms with Crippen molar-refractivity contribution in [2.24, 2.45) is 0 Å². The molecule has 32 heavy (non-hydrogen) atoms. The van der Waals surface area contributed by atoms with Crippen LogP contribution in [0.2, 0.25) is 0 Å². The fourth-order valence-electron chi connectivity index (χ4n) is 4.16. The minimum Gasteiger partial charge on any atom is -0.326 e. The van der Waals surface area contributed by atoms with Crippen molar-refractivity contribution in [3.63, 3.8) is 0 Å². The molecule has 0 bridgehead atoms. The van der Waals surface area contributed by atoms with E-state index >= 15 is 0 Å². The summed E-state index contributed by atoms with van der Waals surface area (Å²) < 4.78 is 27.2.